The van der Waals surface area contributed by atoms with Crippen molar-refractivity contribution >= 4 is 57.6 Å². The van der Waals surface area contributed by atoms with Crippen LogP contribution in [0, 0.1) is 25.7 Å². The molecule has 3 aromatic rings. The molecule has 2 aliphatic heterocycles. The molecule has 2 unspecified atom stereocenters. The summed E-state index contributed by atoms with van der Waals surface area (Å²) in [6.07, 6.45) is 2.34. The topological polar surface area (TPSA) is 24.1 Å². The Hall–Kier alpha value is -1.08. The van der Waals surface area contributed by atoms with Crippen molar-refractivity contribution < 1.29 is 0 Å². The Balaban J connectivity index is 1.37. The van der Waals surface area contributed by atoms with E-state index in [2.05, 4.69) is 76.4 Å². The van der Waals surface area contributed by atoms with Crippen LogP contribution in [-0.2, 0) is 12.8 Å². The fourth-order valence-corrected chi connectivity index (χ4v) is 9.82. The zero-order valence-electron chi connectivity index (χ0n) is 19.7. The molecule has 2 aliphatic rings. The lowest BCUT2D eigenvalue weighted by molar-refractivity contribution is 0.654. The molecule has 2 atom stereocenters. The number of thiophene rings is 2. The number of anilines is 2. The van der Waals surface area contributed by atoms with Crippen LogP contribution in [0.3, 0.4) is 0 Å². The van der Waals surface area contributed by atoms with Crippen LogP contribution >= 0.6 is 46.2 Å². The highest BCUT2D eigenvalue weighted by Gasteiger charge is 2.35. The summed E-state index contributed by atoms with van der Waals surface area (Å²) in [7, 11) is 0. The standard InChI is InChI=1S/C26H32N2S4/c1-13(2)11-17-7-9-19(29-17)25-27-21-15(5)24-22(16(6)23(21)31-25)28-26(32-24)20-10-8-18(30-20)12-14(3)4/h7-10,13-14,25-28H,11-12H2,1-6H3. The van der Waals surface area contributed by atoms with Crippen molar-refractivity contribution in [1.82, 2.24) is 0 Å². The molecule has 0 spiro atoms. The van der Waals surface area contributed by atoms with Gasteiger partial charge in [-0.1, -0.05) is 51.2 Å². The minimum Gasteiger partial charge on any atom is -0.367 e. The Kier molecular flexibility index (Phi) is 6.34. The molecule has 170 valence electrons. The van der Waals surface area contributed by atoms with Crippen molar-refractivity contribution in [2.45, 2.75) is 74.9 Å². The molecule has 0 bridgehead atoms. The molecular formula is C26H32N2S4. The van der Waals surface area contributed by atoms with E-state index < -0.39 is 0 Å². The van der Waals surface area contributed by atoms with Crippen molar-refractivity contribution in [3.63, 3.8) is 0 Å². The molecule has 6 heteroatoms. The second-order valence-electron chi connectivity index (χ2n) is 9.75. The van der Waals surface area contributed by atoms with E-state index in [1.807, 2.05) is 46.2 Å². The minimum atomic E-state index is 0.326. The molecule has 4 heterocycles. The van der Waals surface area contributed by atoms with E-state index in [1.165, 1.54) is 64.6 Å². The van der Waals surface area contributed by atoms with Crippen LogP contribution in [0.15, 0.2) is 34.1 Å². The van der Waals surface area contributed by atoms with E-state index >= 15 is 0 Å². The summed E-state index contributed by atoms with van der Waals surface area (Å²) in [5.74, 6) is 1.41. The van der Waals surface area contributed by atoms with Gasteiger partial charge in [-0.15, -0.1) is 22.7 Å². The molecule has 0 saturated carbocycles. The zero-order valence-corrected chi connectivity index (χ0v) is 22.9. The average molecular weight is 501 g/mol. The quantitative estimate of drug-likeness (QED) is 0.352. The van der Waals surface area contributed by atoms with Crippen LogP contribution in [-0.4, -0.2) is 0 Å². The molecule has 32 heavy (non-hydrogen) atoms. The van der Waals surface area contributed by atoms with Crippen molar-refractivity contribution in [2.75, 3.05) is 10.6 Å². The highest BCUT2D eigenvalue weighted by atomic mass is 32.2. The molecule has 2 nitrogen and oxygen atoms in total. The third-order valence-electron chi connectivity index (χ3n) is 6.01. The van der Waals surface area contributed by atoms with E-state index in [0.717, 1.165) is 0 Å². The number of thioether (sulfide) groups is 2. The number of hydrogen-bond donors (Lipinski definition) is 2. The largest absolute Gasteiger partial charge is 0.367 e. The van der Waals surface area contributed by atoms with Crippen LogP contribution < -0.4 is 10.6 Å². The first-order chi connectivity index (χ1) is 15.3. The fraction of sp³-hybridized carbons (Fsp3) is 0.462. The summed E-state index contributed by atoms with van der Waals surface area (Å²) in [5, 5.41) is 8.40. The number of hydrogen-bond acceptors (Lipinski definition) is 6. The highest BCUT2D eigenvalue weighted by Crippen LogP contribution is 2.59. The maximum atomic E-state index is 3.87. The maximum Gasteiger partial charge on any atom is 0.112 e. The van der Waals surface area contributed by atoms with Crippen molar-refractivity contribution in [3.8, 4) is 0 Å². The third kappa shape index (κ3) is 4.24. The molecule has 0 aliphatic carbocycles. The van der Waals surface area contributed by atoms with Gasteiger partial charge < -0.3 is 10.6 Å². The zero-order chi connectivity index (χ0) is 22.6. The fourth-order valence-electron chi connectivity index (χ4n) is 4.50. The molecule has 0 fully saturated rings. The van der Waals surface area contributed by atoms with Gasteiger partial charge in [0.2, 0.25) is 0 Å². The van der Waals surface area contributed by atoms with Gasteiger partial charge in [0.25, 0.3) is 0 Å². The normalized spacial score (nSPS) is 19.4. The first-order valence-corrected chi connectivity index (χ1v) is 14.9. The van der Waals surface area contributed by atoms with E-state index in [0.29, 0.717) is 22.6 Å². The van der Waals surface area contributed by atoms with Gasteiger partial charge in [-0.3, -0.25) is 0 Å². The molecule has 2 aromatic heterocycles. The van der Waals surface area contributed by atoms with Gasteiger partial charge in [-0.05, 0) is 73.9 Å². The molecule has 5 rings (SSSR count). The lowest BCUT2D eigenvalue weighted by atomic mass is 10.1. The van der Waals surface area contributed by atoms with Gasteiger partial charge in [-0.2, -0.15) is 0 Å². The molecular weight excluding hydrogens is 469 g/mol. The Morgan fingerprint density at radius 2 is 1.09 bits per heavy atom. The summed E-state index contributed by atoms with van der Waals surface area (Å²) in [4.78, 5) is 8.72. The number of nitrogens with one attached hydrogen (secondary N) is 2. The molecule has 0 amide bonds. The van der Waals surface area contributed by atoms with Crippen LogP contribution in [0.2, 0.25) is 0 Å². The number of benzene rings is 1. The smallest absolute Gasteiger partial charge is 0.112 e. The first kappa shape index (κ1) is 22.7. The Morgan fingerprint density at radius 1 is 0.688 bits per heavy atom. The van der Waals surface area contributed by atoms with Crippen LogP contribution in [0.25, 0.3) is 0 Å². The number of rotatable bonds is 6. The van der Waals surface area contributed by atoms with Gasteiger partial charge in [0, 0.05) is 29.3 Å². The van der Waals surface area contributed by atoms with Crippen LogP contribution in [0.1, 0.15) is 69.1 Å². The lowest BCUT2D eigenvalue weighted by Crippen LogP contribution is -2.01. The monoisotopic (exact) mass is 500 g/mol. The maximum absolute atomic E-state index is 3.87. The van der Waals surface area contributed by atoms with E-state index in [9.17, 15) is 0 Å². The van der Waals surface area contributed by atoms with E-state index in [4.69, 9.17) is 0 Å². The van der Waals surface area contributed by atoms with Crippen molar-refractivity contribution in [3.05, 3.63) is 54.9 Å². The predicted octanol–water partition coefficient (Wildman–Crippen LogP) is 9.26. The van der Waals surface area contributed by atoms with E-state index in [1.54, 1.807) is 0 Å². The SMILES string of the molecule is Cc1c2c(c(C)c3c1SC(c1ccc(CC(C)C)s1)N3)SC(c1ccc(CC(C)C)s1)N2. The van der Waals surface area contributed by atoms with E-state index in [-0.39, 0.29) is 0 Å². The molecule has 1 aromatic carbocycles. The predicted molar refractivity (Wildman–Crippen MR) is 146 cm³/mol. The summed E-state index contributed by atoms with van der Waals surface area (Å²) < 4.78 is 0. The van der Waals surface area contributed by atoms with Crippen LogP contribution in [0.5, 0.6) is 0 Å². The third-order valence-corrected chi connectivity index (χ3v) is 11.4. The summed E-state index contributed by atoms with van der Waals surface area (Å²) in [6.45, 7) is 13.8. The second-order valence-corrected chi connectivity index (χ2v) is 14.4. The van der Waals surface area contributed by atoms with Gasteiger partial charge in [0.05, 0.1) is 11.4 Å². The Morgan fingerprint density at radius 3 is 1.47 bits per heavy atom. The molecule has 0 saturated heterocycles. The summed E-state index contributed by atoms with van der Waals surface area (Å²) >= 11 is 7.92. The Labute approximate surface area is 209 Å². The lowest BCUT2D eigenvalue weighted by Gasteiger charge is -2.13. The van der Waals surface area contributed by atoms with Gasteiger partial charge >= 0.3 is 0 Å². The second kappa shape index (κ2) is 8.94. The summed E-state index contributed by atoms with van der Waals surface area (Å²) in [5.41, 5.74) is 5.48. The molecule has 0 radical (unpaired) electrons. The first-order valence-electron chi connectivity index (χ1n) is 11.5. The highest BCUT2D eigenvalue weighted by molar-refractivity contribution is 8.01. The average Bonchev–Trinajstić information content (AvgIpc) is 3.49. The van der Waals surface area contributed by atoms with Gasteiger partial charge in [0.1, 0.15) is 10.7 Å². The summed E-state index contributed by atoms with van der Waals surface area (Å²) in [6, 6.07) is 9.29. The van der Waals surface area contributed by atoms with Gasteiger partial charge in [0.15, 0.2) is 0 Å². The van der Waals surface area contributed by atoms with Crippen LogP contribution in [0.4, 0.5) is 11.4 Å². The molecule has 2 N–H and O–H groups in total. The van der Waals surface area contributed by atoms with Crippen molar-refractivity contribution in [1.29, 1.82) is 0 Å². The van der Waals surface area contributed by atoms with Crippen molar-refractivity contribution in [2.24, 2.45) is 11.8 Å². The minimum absolute atomic E-state index is 0.326. The number of fused-ring (bicyclic) bond motifs is 2. The Bertz CT molecular complexity index is 1010. The van der Waals surface area contributed by atoms with Gasteiger partial charge in [-0.25, -0.2) is 0 Å².